The van der Waals surface area contributed by atoms with Crippen LogP contribution in [0.25, 0.3) is 11.3 Å². The van der Waals surface area contributed by atoms with E-state index in [1.807, 2.05) is 48.2 Å². The SMILES string of the molecule is CCSc1ccc(-c2cc(NC[C@H](O)c3ccccc3)ncn2)cc1. The van der Waals surface area contributed by atoms with Gasteiger partial charge < -0.3 is 10.4 Å². The van der Waals surface area contributed by atoms with E-state index in [0.29, 0.717) is 12.4 Å². The zero-order chi connectivity index (χ0) is 17.5. The fourth-order valence-corrected chi connectivity index (χ4v) is 3.16. The van der Waals surface area contributed by atoms with E-state index in [2.05, 4.69) is 46.5 Å². The van der Waals surface area contributed by atoms with Gasteiger partial charge in [0.05, 0.1) is 11.8 Å². The first-order valence-corrected chi connectivity index (χ1v) is 9.27. The smallest absolute Gasteiger partial charge is 0.130 e. The van der Waals surface area contributed by atoms with Crippen LogP contribution in [0.1, 0.15) is 18.6 Å². The van der Waals surface area contributed by atoms with Crippen LogP contribution in [0.5, 0.6) is 0 Å². The molecule has 4 nitrogen and oxygen atoms in total. The van der Waals surface area contributed by atoms with Gasteiger partial charge in [-0.15, -0.1) is 11.8 Å². The van der Waals surface area contributed by atoms with Crippen molar-refractivity contribution in [1.29, 1.82) is 0 Å². The third-order valence-corrected chi connectivity index (χ3v) is 4.68. The van der Waals surface area contributed by atoms with Crippen LogP contribution in [0.3, 0.4) is 0 Å². The predicted octanol–water partition coefficient (Wildman–Crippen LogP) is 4.40. The van der Waals surface area contributed by atoms with Gasteiger partial charge in [-0.1, -0.05) is 49.4 Å². The second kappa shape index (κ2) is 8.65. The summed E-state index contributed by atoms with van der Waals surface area (Å²) in [6, 6.07) is 19.9. The highest BCUT2D eigenvalue weighted by Gasteiger charge is 2.08. The topological polar surface area (TPSA) is 58.0 Å². The van der Waals surface area contributed by atoms with Gasteiger partial charge in [0.25, 0.3) is 0 Å². The highest BCUT2D eigenvalue weighted by molar-refractivity contribution is 7.99. The summed E-state index contributed by atoms with van der Waals surface area (Å²) in [4.78, 5) is 9.84. The molecule has 0 bridgehead atoms. The maximum atomic E-state index is 10.2. The van der Waals surface area contributed by atoms with Crippen molar-refractivity contribution in [1.82, 2.24) is 9.97 Å². The van der Waals surface area contributed by atoms with E-state index in [9.17, 15) is 5.11 Å². The van der Waals surface area contributed by atoms with Crippen LogP contribution in [-0.2, 0) is 0 Å². The van der Waals surface area contributed by atoms with Gasteiger partial charge in [-0.25, -0.2) is 9.97 Å². The van der Waals surface area contributed by atoms with Crippen molar-refractivity contribution in [2.24, 2.45) is 0 Å². The number of aliphatic hydroxyl groups is 1. The molecule has 1 aromatic heterocycles. The Balaban J connectivity index is 1.67. The molecule has 2 N–H and O–H groups in total. The summed E-state index contributed by atoms with van der Waals surface area (Å²) in [6.45, 7) is 2.54. The summed E-state index contributed by atoms with van der Waals surface area (Å²) >= 11 is 1.82. The van der Waals surface area contributed by atoms with Crippen molar-refractivity contribution < 1.29 is 5.11 Å². The third kappa shape index (κ3) is 4.81. The average molecular weight is 351 g/mol. The molecule has 0 unspecified atom stereocenters. The number of aliphatic hydroxyl groups excluding tert-OH is 1. The number of rotatable bonds is 7. The molecule has 0 aliphatic heterocycles. The molecule has 1 atom stereocenters. The Labute approximate surface area is 152 Å². The molecule has 0 radical (unpaired) electrons. The lowest BCUT2D eigenvalue weighted by molar-refractivity contribution is 0.191. The maximum absolute atomic E-state index is 10.2. The molecular weight excluding hydrogens is 330 g/mol. The Kier molecular flexibility index (Phi) is 6.04. The van der Waals surface area contributed by atoms with Crippen molar-refractivity contribution in [3.63, 3.8) is 0 Å². The van der Waals surface area contributed by atoms with Gasteiger partial charge in [-0.2, -0.15) is 0 Å². The van der Waals surface area contributed by atoms with Crippen molar-refractivity contribution in [2.45, 2.75) is 17.9 Å². The van der Waals surface area contributed by atoms with E-state index in [0.717, 1.165) is 22.6 Å². The minimum atomic E-state index is -0.579. The van der Waals surface area contributed by atoms with E-state index in [4.69, 9.17) is 0 Å². The summed E-state index contributed by atoms with van der Waals surface area (Å²) < 4.78 is 0. The number of nitrogens with zero attached hydrogens (tertiary/aromatic N) is 2. The first-order valence-electron chi connectivity index (χ1n) is 8.28. The first kappa shape index (κ1) is 17.5. The van der Waals surface area contributed by atoms with Crippen molar-refractivity contribution in [3.05, 3.63) is 72.6 Å². The normalized spacial score (nSPS) is 11.9. The van der Waals surface area contributed by atoms with Crippen LogP contribution in [0.4, 0.5) is 5.82 Å². The van der Waals surface area contributed by atoms with Gasteiger partial charge in [0.1, 0.15) is 12.1 Å². The van der Waals surface area contributed by atoms with Gasteiger partial charge in [-0.05, 0) is 23.4 Å². The standard InChI is InChI=1S/C20H21N3OS/c1-2-25-17-10-8-15(9-11-17)18-12-20(23-14-22-18)21-13-19(24)16-6-4-3-5-7-16/h3-12,14,19,24H,2,13H2,1H3,(H,21,22,23)/t19-/m0/s1. The van der Waals surface area contributed by atoms with E-state index >= 15 is 0 Å². The summed E-state index contributed by atoms with van der Waals surface area (Å²) in [6.07, 6.45) is 0.964. The zero-order valence-corrected chi connectivity index (χ0v) is 14.9. The van der Waals surface area contributed by atoms with Gasteiger partial charge >= 0.3 is 0 Å². The second-order valence-corrected chi connectivity index (χ2v) is 6.89. The van der Waals surface area contributed by atoms with Crippen LogP contribution >= 0.6 is 11.8 Å². The molecule has 0 aliphatic rings. The van der Waals surface area contributed by atoms with Crippen molar-refractivity contribution >= 4 is 17.6 Å². The van der Waals surface area contributed by atoms with E-state index in [1.165, 1.54) is 4.90 Å². The number of benzene rings is 2. The molecule has 0 saturated heterocycles. The minimum absolute atomic E-state index is 0.395. The van der Waals surface area contributed by atoms with Crippen LogP contribution in [0.2, 0.25) is 0 Å². The summed E-state index contributed by atoms with van der Waals surface area (Å²) in [5.74, 6) is 1.76. The Morgan fingerprint density at radius 3 is 2.52 bits per heavy atom. The molecule has 0 aliphatic carbocycles. The number of anilines is 1. The van der Waals surface area contributed by atoms with E-state index in [-0.39, 0.29) is 0 Å². The molecule has 128 valence electrons. The third-order valence-electron chi connectivity index (χ3n) is 3.79. The molecule has 3 aromatic rings. The molecule has 3 rings (SSSR count). The quantitative estimate of drug-likeness (QED) is 0.618. The summed E-state index contributed by atoms with van der Waals surface area (Å²) in [7, 11) is 0. The maximum Gasteiger partial charge on any atom is 0.130 e. The fraction of sp³-hybridized carbons (Fsp3) is 0.200. The summed E-state index contributed by atoms with van der Waals surface area (Å²) in [5.41, 5.74) is 2.79. The molecule has 0 saturated carbocycles. The minimum Gasteiger partial charge on any atom is -0.387 e. The lowest BCUT2D eigenvalue weighted by atomic mass is 10.1. The van der Waals surface area contributed by atoms with Crippen LogP contribution < -0.4 is 5.32 Å². The van der Waals surface area contributed by atoms with Crippen LogP contribution in [-0.4, -0.2) is 27.4 Å². The van der Waals surface area contributed by atoms with Gasteiger partial charge in [0.2, 0.25) is 0 Å². The Bertz CT molecular complexity index is 794. The van der Waals surface area contributed by atoms with Crippen molar-refractivity contribution in [3.8, 4) is 11.3 Å². The summed E-state index contributed by atoms with van der Waals surface area (Å²) in [5, 5.41) is 13.4. The Morgan fingerprint density at radius 1 is 1.04 bits per heavy atom. The van der Waals surface area contributed by atoms with E-state index in [1.54, 1.807) is 6.33 Å². The largest absolute Gasteiger partial charge is 0.387 e. The molecule has 5 heteroatoms. The van der Waals surface area contributed by atoms with Crippen LogP contribution in [0, 0.1) is 0 Å². The lowest BCUT2D eigenvalue weighted by Gasteiger charge is -2.13. The number of hydrogen-bond donors (Lipinski definition) is 2. The first-order chi connectivity index (χ1) is 12.3. The lowest BCUT2D eigenvalue weighted by Crippen LogP contribution is -2.13. The molecule has 0 fully saturated rings. The molecule has 2 aromatic carbocycles. The number of nitrogens with one attached hydrogen (secondary N) is 1. The Hall–Kier alpha value is -2.37. The highest BCUT2D eigenvalue weighted by atomic mass is 32.2. The molecular formula is C20H21N3OS. The molecule has 0 amide bonds. The fourth-order valence-electron chi connectivity index (χ4n) is 2.49. The van der Waals surface area contributed by atoms with Gasteiger partial charge in [0, 0.05) is 23.1 Å². The van der Waals surface area contributed by atoms with E-state index < -0.39 is 6.10 Å². The van der Waals surface area contributed by atoms with Crippen LogP contribution in [0.15, 0.2) is 71.9 Å². The number of aromatic nitrogens is 2. The number of hydrogen-bond acceptors (Lipinski definition) is 5. The Morgan fingerprint density at radius 2 is 1.80 bits per heavy atom. The second-order valence-electron chi connectivity index (χ2n) is 5.55. The highest BCUT2D eigenvalue weighted by Crippen LogP contribution is 2.24. The van der Waals surface area contributed by atoms with Gasteiger partial charge in [-0.3, -0.25) is 0 Å². The molecule has 1 heterocycles. The number of thioether (sulfide) groups is 1. The molecule has 25 heavy (non-hydrogen) atoms. The zero-order valence-electron chi connectivity index (χ0n) is 14.1. The van der Waals surface area contributed by atoms with Gasteiger partial charge in [0.15, 0.2) is 0 Å². The van der Waals surface area contributed by atoms with Crippen molar-refractivity contribution in [2.75, 3.05) is 17.6 Å². The molecule has 0 spiro atoms. The predicted molar refractivity (Wildman–Crippen MR) is 104 cm³/mol. The average Bonchev–Trinajstić information content (AvgIpc) is 2.68. The monoisotopic (exact) mass is 351 g/mol.